The molecule has 0 unspecified atom stereocenters. The fourth-order valence-electron chi connectivity index (χ4n) is 3.04. The lowest BCUT2D eigenvalue weighted by molar-refractivity contribution is -0.142. The number of benzene rings is 1. The molecule has 2 aliphatic carbocycles. The molecule has 1 aromatic carbocycles. The molecule has 0 heterocycles. The first-order valence-electron chi connectivity index (χ1n) is 8.04. The fraction of sp³-hybridized carbons (Fsp3) is 0.556. The van der Waals surface area contributed by atoms with Crippen molar-refractivity contribution in [2.75, 3.05) is 5.32 Å². The van der Waals surface area contributed by atoms with Crippen LogP contribution in [0.2, 0.25) is 0 Å². The van der Waals surface area contributed by atoms with Crippen molar-refractivity contribution in [1.82, 2.24) is 0 Å². The van der Waals surface area contributed by atoms with Crippen LogP contribution in [0.5, 0.6) is 0 Å². The van der Waals surface area contributed by atoms with Gasteiger partial charge in [0.1, 0.15) is 0 Å². The van der Waals surface area contributed by atoms with E-state index < -0.39 is 11.4 Å². The summed E-state index contributed by atoms with van der Waals surface area (Å²) in [6.07, 6.45) is 4.72. The first-order valence-corrected chi connectivity index (χ1v) is 8.04. The Labute approximate surface area is 130 Å². The maximum absolute atomic E-state index is 12.5. The molecule has 1 amide bonds. The SMILES string of the molecule is CC(C)(C(=O)O)c1ccc(NC(=O)C(C2CC2)C2CC2)cc1. The summed E-state index contributed by atoms with van der Waals surface area (Å²) in [6.45, 7) is 3.36. The Balaban J connectivity index is 1.68. The number of carbonyl (C=O) groups excluding carboxylic acids is 1. The monoisotopic (exact) mass is 301 g/mol. The molecule has 0 spiro atoms. The van der Waals surface area contributed by atoms with E-state index in [-0.39, 0.29) is 11.8 Å². The molecule has 4 heteroatoms. The van der Waals surface area contributed by atoms with Gasteiger partial charge in [-0.3, -0.25) is 9.59 Å². The molecule has 0 aliphatic heterocycles. The van der Waals surface area contributed by atoms with Crippen LogP contribution < -0.4 is 5.32 Å². The molecule has 0 saturated heterocycles. The van der Waals surface area contributed by atoms with E-state index in [0.29, 0.717) is 11.8 Å². The summed E-state index contributed by atoms with van der Waals surface area (Å²) >= 11 is 0. The Morgan fingerprint density at radius 2 is 1.59 bits per heavy atom. The van der Waals surface area contributed by atoms with Crippen LogP contribution in [-0.2, 0) is 15.0 Å². The minimum absolute atomic E-state index is 0.134. The third-order valence-corrected chi connectivity index (χ3v) is 4.97. The molecule has 2 saturated carbocycles. The molecule has 3 rings (SSSR count). The van der Waals surface area contributed by atoms with Gasteiger partial charge in [-0.1, -0.05) is 12.1 Å². The van der Waals surface area contributed by atoms with E-state index in [0.717, 1.165) is 11.3 Å². The highest BCUT2D eigenvalue weighted by atomic mass is 16.4. The zero-order valence-electron chi connectivity index (χ0n) is 13.1. The van der Waals surface area contributed by atoms with Crippen LogP contribution in [0.1, 0.15) is 45.1 Å². The zero-order chi connectivity index (χ0) is 15.9. The molecular formula is C18H23NO3. The number of nitrogens with one attached hydrogen (secondary N) is 1. The van der Waals surface area contributed by atoms with Crippen LogP contribution in [0.3, 0.4) is 0 Å². The van der Waals surface area contributed by atoms with Gasteiger partial charge in [-0.15, -0.1) is 0 Å². The average Bonchev–Trinajstić information content (AvgIpc) is 3.34. The second kappa shape index (κ2) is 5.41. The predicted octanol–water partition coefficient (Wildman–Crippen LogP) is 3.42. The number of aliphatic carboxylic acids is 1. The normalized spacial score (nSPS) is 18.3. The van der Waals surface area contributed by atoms with Crippen LogP contribution in [0, 0.1) is 17.8 Å². The predicted molar refractivity (Wildman–Crippen MR) is 84.7 cm³/mol. The molecule has 2 N–H and O–H groups in total. The van der Waals surface area contributed by atoms with Gasteiger partial charge >= 0.3 is 5.97 Å². The third-order valence-electron chi connectivity index (χ3n) is 4.97. The maximum Gasteiger partial charge on any atom is 0.313 e. The third kappa shape index (κ3) is 3.01. The quantitative estimate of drug-likeness (QED) is 0.846. The van der Waals surface area contributed by atoms with Crippen molar-refractivity contribution in [3.8, 4) is 0 Å². The number of anilines is 1. The van der Waals surface area contributed by atoms with Crippen LogP contribution in [0.4, 0.5) is 5.69 Å². The average molecular weight is 301 g/mol. The van der Waals surface area contributed by atoms with Crippen LogP contribution >= 0.6 is 0 Å². The van der Waals surface area contributed by atoms with Gasteiger partial charge in [-0.25, -0.2) is 0 Å². The van der Waals surface area contributed by atoms with Crippen LogP contribution in [0.25, 0.3) is 0 Å². The number of hydrogen-bond donors (Lipinski definition) is 2. The Hall–Kier alpha value is -1.84. The summed E-state index contributed by atoms with van der Waals surface area (Å²) in [6, 6.07) is 7.17. The topological polar surface area (TPSA) is 66.4 Å². The molecule has 2 fully saturated rings. The number of amides is 1. The van der Waals surface area contributed by atoms with Crippen molar-refractivity contribution in [1.29, 1.82) is 0 Å². The first-order chi connectivity index (χ1) is 10.4. The van der Waals surface area contributed by atoms with E-state index in [1.807, 2.05) is 0 Å². The number of hydrogen-bond acceptors (Lipinski definition) is 2. The second-order valence-electron chi connectivity index (χ2n) is 7.20. The van der Waals surface area contributed by atoms with Crippen LogP contribution in [-0.4, -0.2) is 17.0 Å². The molecule has 4 nitrogen and oxygen atoms in total. The summed E-state index contributed by atoms with van der Waals surface area (Å²) in [5, 5.41) is 12.3. The smallest absolute Gasteiger partial charge is 0.313 e. The van der Waals surface area contributed by atoms with Gasteiger partial charge in [-0.2, -0.15) is 0 Å². The van der Waals surface area contributed by atoms with Gasteiger partial charge in [0.05, 0.1) is 5.41 Å². The summed E-state index contributed by atoms with van der Waals surface area (Å²) in [5.41, 5.74) is 0.563. The van der Waals surface area contributed by atoms with E-state index in [2.05, 4.69) is 5.32 Å². The second-order valence-corrected chi connectivity index (χ2v) is 7.20. The molecule has 22 heavy (non-hydrogen) atoms. The van der Waals surface area contributed by atoms with Crippen molar-refractivity contribution in [2.24, 2.45) is 17.8 Å². The van der Waals surface area contributed by atoms with Gasteiger partial charge in [0, 0.05) is 11.6 Å². The van der Waals surface area contributed by atoms with Crippen molar-refractivity contribution < 1.29 is 14.7 Å². The van der Waals surface area contributed by atoms with E-state index in [1.54, 1.807) is 38.1 Å². The maximum atomic E-state index is 12.5. The lowest BCUT2D eigenvalue weighted by atomic mass is 9.85. The minimum Gasteiger partial charge on any atom is -0.481 e. The summed E-state index contributed by atoms with van der Waals surface area (Å²) in [4.78, 5) is 23.7. The van der Waals surface area contributed by atoms with E-state index in [4.69, 9.17) is 0 Å². The van der Waals surface area contributed by atoms with Gasteiger partial charge in [0.15, 0.2) is 0 Å². The zero-order valence-corrected chi connectivity index (χ0v) is 13.1. The number of carboxylic acids is 1. The highest BCUT2D eigenvalue weighted by Crippen LogP contribution is 2.49. The largest absolute Gasteiger partial charge is 0.481 e. The molecule has 0 aromatic heterocycles. The minimum atomic E-state index is -0.924. The van der Waals surface area contributed by atoms with Gasteiger partial charge in [0.25, 0.3) is 0 Å². The van der Waals surface area contributed by atoms with Crippen molar-refractivity contribution in [2.45, 2.75) is 44.9 Å². The molecule has 1 aromatic rings. The van der Waals surface area contributed by atoms with E-state index >= 15 is 0 Å². The van der Waals surface area contributed by atoms with Gasteiger partial charge in [0.2, 0.25) is 5.91 Å². The van der Waals surface area contributed by atoms with Crippen molar-refractivity contribution in [3.63, 3.8) is 0 Å². The molecule has 0 bridgehead atoms. The van der Waals surface area contributed by atoms with Crippen molar-refractivity contribution >= 4 is 17.6 Å². The van der Waals surface area contributed by atoms with Gasteiger partial charge < -0.3 is 10.4 Å². The highest BCUT2D eigenvalue weighted by Gasteiger charge is 2.45. The number of carboxylic acid groups (broad SMARTS) is 1. The highest BCUT2D eigenvalue weighted by molar-refractivity contribution is 5.93. The Bertz CT molecular complexity index is 571. The molecule has 0 atom stereocenters. The summed E-state index contributed by atoms with van der Waals surface area (Å²) in [7, 11) is 0. The van der Waals surface area contributed by atoms with E-state index in [1.165, 1.54) is 25.7 Å². The molecule has 118 valence electrons. The standard InChI is InChI=1S/C18H23NO3/c1-18(2,17(21)22)13-7-9-14(10-8-13)19-16(20)15(11-3-4-11)12-5-6-12/h7-12,15H,3-6H2,1-2H3,(H,19,20)(H,21,22). The van der Waals surface area contributed by atoms with Crippen LogP contribution in [0.15, 0.2) is 24.3 Å². The number of carbonyl (C=O) groups is 2. The fourth-order valence-corrected chi connectivity index (χ4v) is 3.04. The lowest BCUT2D eigenvalue weighted by Crippen LogP contribution is -2.28. The van der Waals surface area contributed by atoms with E-state index in [9.17, 15) is 14.7 Å². The summed E-state index contributed by atoms with van der Waals surface area (Å²) < 4.78 is 0. The Morgan fingerprint density at radius 3 is 2.00 bits per heavy atom. The molecule has 2 aliphatic rings. The first kappa shape index (κ1) is 15.1. The van der Waals surface area contributed by atoms with Crippen molar-refractivity contribution in [3.05, 3.63) is 29.8 Å². The number of rotatable bonds is 6. The Kier molecular flexibility index (Phi) is 3.71. The molecule has 0 radical (unpaired) electrons. The summed E-state index contributed by atoms with van der Waals surface area (Å²) in [5.74, 6) is 0.618. The van der Waals surface area contributed by atoms with Gasteiger partial charge in [-0.05, 0) is 69.1 Å². The Morgan fingerprint density at radius 1 is 1.09 bits per heavy atom. The molecular weight excluding hydrogens is 278 g/mol. The lowest BCUT2D eigenvalue weighted by Gasteiger charge is -2.20.